The van der Waals surface area contributed by atoms with Gasteiger partial charge in [0.1, 0.15) is 5.82 Å². The molecule has 1 saturated heterocycles. The lowest BCUT2D eigenvalue weighted by atomic mass is 10.0. The van der Waals surface area contributed by atoms with Crippen molar-refractivity contribution in [1.82, 2.24) is 19.3 Å². The molecule has 1 aromatic carbocycles. The van der Waals surface area contributed by atoms with Crippen LogP contribution in [0.3, 0.4) is 0 Å². The van der Waals surface area contributed by atoms with E-state index in [0.29, 0.717) is 18.7 Å². The summed E-state index contributed by atoms with van der Waals surface area (Å²) < 4.78 is 15.3. The standard InChI is InChI=1S/C19H19FN4O/c1-2-18(25)23-10-8-14(12-23)16-7-9-21-19-22-11-17(24(16)19)13-3-5-15(20)6-4-13/h3-7,9,11,14H,2,8,10,12H2,1H3. The molecule has 1 amide bonds. The minimum atomic E-state index is -0.263. The molecule has 0 saturated carbocycles. The predicted molar refractivity (Wildman–Crippen MR) is 92.6 cm³/mol. The van der Waals surface area contributed by atoms with Crippen molar-refractivity contribution in [3.8, 4) is 11.3 Å². The molecule has 4 rings (SSSR count). The van der Waals surface area contributed by atoms with E-state index in [4.69, 9.17) is 0 Å². The lowest BCUT2D eigenvalue weighted by Gasteiger charge is -2.17. The summed E-state index contributed by atoms with van der Waals surface area (Å²) in [6.07, 6.45) is 4.98. The molecule has 0 N–H and O–H groups in total. The molecule has 0 spiro atoms. The van der Waals surface area contributed by atoms with Gasteiger partial charge in [0.2, 0.25) is 11.7 Å². The summed E-state index contributed by atoms with van der Waals surface area (Å²) in [5, 5.41) is 0. The second-order valence-electron chi connectivity index (χ2n) is 6.33. The van der Waals surface area contributed by atoms with Crippen molar-refractivity contribution in [3.63, 3.8) is 0 Å². The molecule has 1 aliphatic rings. The zero-order chi connectivity index (χ0) is 17.4. The molecule has 6 heteroatoms. The number of rotatable bonds is 3. The van der Waals surface area contributed by atoms with Crippen LogP contribution in [0.25, 0.3) is 17.0 Å². The van der Waals surface area contributed by atoms with E-state index in [1.165, 1.54) is 12.1 Å². The number of hydrogen-bond acceptors (Lipinski definition) is 3. The highest BCUT2D eigenvalue weighted by atomic mass is 19.1. The number of hydrogen-bond donors (Lipinski definition) is 0. The maximum absolute atomic E-state index is 13.2. The zero-order valence-corrected chi connectivity index (χ0v) is 14.0. The topological polar surface area (TPSA) is 50.5 Å². The van der Waals surface area contributed by atoms with Gasteiger partial charge in [0, 0.05) is 42.9 Å². The molecule has 1 atom stereocenters. The third-order valence-corrected chi connectivity index (χ3v) is 4.84. The van der Waals surface area contributed by atoms with Crippen LogP contribution in [0, 0.1) is 5.82 Å². The molecular weight excluding hydrogens is 319 g/mol. The first-order chi connectivity index (χ1) is 12.2. The Morgan fingerprint density at radius 2 is 2.04 bits per heavy atom. The highest BCUT2D eigenvalue weighted by Gasteiger charge is 2.28. The number of likely N-dealkylation sites (tertiary alicyclic amines) is 1. The number of carbonyl (C=O) groups is 1. The van der Waals surface area contributed by atoms with Crippen molar-refractivity contribution in [1.29, 1.82) is 0 Å². The zero-order valence-electron chi connectivity index (χ0n) is 14.0. The van der Waals surface area contributed by atoms with E-state index in [0.717, 1.165) is 29.9 Å². The van der Waals surface area contributed by atoms with Gasteiger partial charge in [-0.3, -0.25) is 9.20 Å². The Hall–Kier alpha value is -2.76. The van der Waals surface area contributed by atoms with E-state index in [2.05, 4.69) is 9.97 Å². The normalized spacial score (nSPS) is 17.4. The molecule has 25 heavy (non-hydrogen) atoms. The van der Waals surface area contributed by atoms with Gasteiger partial charge in [-0.2, -0.15) is 0 Å². The number of carbonyl (C=O) groups excluding carboxylic acids is 1. The van der Waals surface area contributed by atoms with Crippen molar-refractivity contribution in [2.45, 2.75) is 25.7 Å². The first-order valence-corrected chi connectivity index (χ1v) is 8.53. The van der Waals surface area contributed by atoms with Gasteiger partial charge in [0.15, 0.2) is 0 Å². The monoisotopic (exact) mass is 338 g/mol. The Bertz CT molecular complexity index is 919. The Labute approximate surface area is 145 Å². The first-order valence-electron chi connectivity index (χ1n) is 8.53. The fourth-order valence-electron chi connectivity index (χ4n) is 3.54. The van der Waals surface area contributed by atoms with E-state index in [1.54, 1.807) is 24.5 Å². The molecule has 3 heterocycles. The van der Waals surface area contributed by atoms with Crippen LogP contribution < -0.4 is 0 Å². The van der Waals surface area contributed by atoms with Crippen LogP contribution in [0.1, 0.15) is 31.4 Å². The number of imidazole rings is 1. The van der Waals surface area contributed by atoms with E-state index >= 15 is 0 Å². The van der Waals surface area contributed by atoms with Crippen molar-refractivity contribution < 1.29 is 9.18 Å². The van der Waals surface area contributed by atoms with Gasteiger partial charge in [-0.15, -0.1) is 0 Å². The summed E-state index contributed by atoms with van der Waals surface area (Å²) >= 11 is 0. The number of benzene rings is 1. The van der Waals surface area contributed by atoms with Crippen LogP contribution in [-0.2, 0) is 4.79 Å². The second-order valence-corrected chi connectivity index (χ2v) is 6.33. The molecule has 1 unspecified atom stereocenters. The summed E-state index contributed by atoms with van der Waals surface area (Å²) in [6.45, 7) is 3.39. The van der Waals surface area contributed by atoms with E-state index in [9.17, 15) is 9.18 Å². The van der Waals surface area contributed by atoms with E-state index in [-0.39, 0.29) is 17.6 Å². The quantitative estimate of drug-likeness (QED) is 0.736. The third-order valence-electron chi connectivity index (χ3n) is 4.84. The number of halogens is 1. The van der Waals surface area contributed by atoms with Crippen LogP contribution in [0.4, 0.5) is 4.39 Å². The number of amides is 1. The lowest BCUT2D eigenvalue weighted by Crippen LogP contribution is -2.27. The molecule has 0 bridgehead atoms. The molecule has 2 aromatic heterocycles. The molecular formula is C19H19FN4O. The van der Waals surface area contributed by atoms with Gasteiger partial charge < -0.3 is 4.90 Å². The van der Waals surface area contributed by atoms with Crippen LogP contribution >= 0.6 is 0 Å². The molecule has 1 aliphatic heterocycles. The molecule has 0 radical (unpaired) electrons. The minimum absolute atomic E-state index is 0.192. The highest BCUT2D eigenvalue weighted by molar-refractivity contribution is 5.76. The molecule has 128 valence electrons. The van der Waals surface area contributed by atoms with Crippen molar-refractivity contribution in [2.75, 3.05) is 13.1 Å². The van der Waals surface area contributed by atoms with Crippen molar-refractivity contribution in [3.05, 3.63) is 54.2 Å². The Kier molecular flexibility index (Phi) is 3.95. The first kappa shape index (κ1) is 15.7. The average molecular weight is 338 g/mol. The Morgan fingerprint density at radius 1 is 1.24 bits per heavy atom. The molecule has 0 aliphatic carbocycles. The van der Waals surface area contributed by atoms with Crippen LogP contribution in [0.15, 0.2) is 42.7 Å². The largest absolute Gasteiger partial charge is 0.342 e. The summed E-state index contributed by atoms with van der Waals surface area (Å²) in [6, 6.07) is 8.38. The van der Waals surface area contributed by atoms with Crippen LogP contribution in [0.5, 0.6) is 0 Å². The summed E-state index contributed by atoms with van der Waals surface area (Å²) in [7, 11) is 0. The summed E-state index contributed by atoms with van der Waals surface area (Å²) in [5.41, 5.74) is 2.87. The maximum Gasteiger partial charge on any atom is 0.234 e. The second kappa shape index (κ2) is 6.27. The van der Waals surface area contributed by atoms with Crippen molar-refractivity contribution >= 4 is 11.7 Å². The molecule has 3 aromatic rings. The SMILES string of the molecule is CCC(=O)N1CCC(c2ccnc3ncc(-c4ccc(F)cc4)n23)C1. The van der Waals surface area contributed by atoms with Crippen LogP contribution in [0.2, 0.25) is 0 Å². The predicted octanol–water partition coefficient (Wildman–Crippen LogP) is 3.26. The third kappa shape index (κ3) is 2.77. The van der Waals surface area contributed by atoms with Gasteiger partial charge in [-0.1, -0.05) is 6.92 Å². The van der Waals surface area contributed by atoms with Crippen molar-refractivity contribution in [2.24, 2.45) is 0 Å². The van der Waals surface area contributed by atoms with Gasteiger partial charge in [-0.25, -0.2) is 14.4 Å². The lowest BCUT2D eigenvalue weighted by molar-refractivity contribution is -0.129. The average Bonchev–Trinajstić information content (AvgIpc) is 3.29. The maximum atomic E-state index is 13.2. The Balaban J connectivity index is 1.76. The smallest absolute Gasteiger partial charge is 0.234 e. The van der Waals surface area contributed by atoms with Gasteiger partial charge >= 0.3 is 0 Å². The summed E-state index contributed by atoms with van der Waals surface area (Å²) in [4.78, 5) is 22.6. The fourth-order valence-corrected chi connectivity index (χ4v) is 3.54. The van der Waals surface area contributed by atoms with E-state index in [1.807, 2.05) is 22.3 Å². The summed E-state index contributed by atoms with van der Waals surface area (Å²) in [5.74, 6) is 0.795. The highest BCUT2D eigenvalue weighted by Crippen LogP contribution is 2.30. The molecule has 1 fully saturated rings. The molecule has 5 nitrogen and oxygen atoms in total. The number of aromatic nitrogens is 3. The number of nitrogens with zero attached hydrogens (tertiary/aromatic N) is 4. The van der Waals surface area contributed by atoms with Gasteiger partial charge in [-0.05, 0) is 36.8 Å². The fraction of sp³-hybridized carbons (Fsp3) is 0.316. The van der Waals surface area contributed by atoms with Crippen LogP contribution in [-0.4, -0.2) is 38.3 Å². The number of fused-ring (bicyclic) bond motifs is 1. The Morgan fingerprint density at radius 3 is 2.80 bits per heavy atom. The van der Waals surface area contributed by atoms with E-state index < -0.39 is 0 Å². The van der Waals surface area contributed by atoms with Gasteiger partial charge in [0.05, 0.1) is 11.9 Å². The van der Waals surface area contributed by atoms with Gasteiger partial charge in [0.25, 0.3) is 0 Å². The minimum Gasteiger partial charge on any atom is -0.342 e.